The number of nitrogens with zero attached hydrogens (tertiary/aromatic N) is 2. The predicted molar refractivity (Wildman–Crippen MR) is 81.7 cm³/mol. The van der Waals surface area contributed by atoms with Crippen LogP contribution in [-0.4, -0.2) is 26.9 Å². The normalized spacial score (nSPS) is 14.0. The SMILES string of the molecule is O=C1c2ccccc2C(=O)N1Cc1n[nH]c2ccc(Cl)cc12. The Morgan fingerprint density at radius 2 is 1.73 bits per heavy atom. The zero-order valence-electron chi connectivity index (χ0n) is 11.3. The molecule has 1 aliphatic rings. The fourth-order valence-corrected chi connectivity index (χ4v) is 2.87. The number of imide groups is 1. The van der Waals surface area contributed by atoms with Gasteiger partial charge in [0, 0.05) is 10.4 Å². The highest BCUT2D eigenvalue weighted by Crippen LogP contribution is 2.27. The molecule has 1 aromatic heterocycles. The monoisotopic (exact) mass is 311 g/mol. The van der Waals surface area contributed by atoms with Crippen molar-refractivity contribution in [3.8, 4) is 0 Å². The quantitative estimate of drug-likeness (QED) is 0.740. The number of halogens is 1. The summed E-state index contributed by atoms with van der Waals surface area (Å²) in [6.45, 7) is 0.118. The minimum absolute atomic E-state index is 0.118. The number of amides is 2. The standard InChI is InChI=1S/C16H10ClN3O2/c17-9-5-6-13-12(7-9)14(19-18-13)8-20-15(21)10-3-1-2-4-11(10)16(20)22/h1-7H,8H2,(H,18,19). The third-order valence-electron chi connectivity index (χ3n) is 3.79. The van der Waals surface area contributed by atoms with Crippen LogP contribution in [0.5, 0.6) is 0 Å². The van der Waals surface area contributed by atoms with Crippen molar-refractivity contribution in [2.75, 3.05) is 0 Å². The van der Waals surface area contributed by atoms with Crippen molar-refractivity contribution in [3.63, 3.8) is 0 Å². The second kappa shape index (κ2) is 4.68. The molecule has 5 nitrogen and oxygen atoms in total. The summed E-state index contributed by atoms with van der Waals surface area (Å²) >= 11 is 6.01. The maximum atomic E-state index is 12.4. The highest BCUT2D eigenvalue weighted by atomic mass is 35.5. The Bertz CT molecular complexity index is 897. The van der Waals surface area contributed by atoms with Gasteiger partial charge < -0.3 is 0 Å². The van der Waals surface area contributed by atoms with Crippen LogP contribution in [0.2, 0.25) is 5.02 Å². The van der Waals surface area contributed by atoms with Crippen molar-refractivity contribution in [2.24, 2.45) is 0 Å². The van der Waals surface area contributed by atoms with Crippen molar-refractivity contribution in [1.29, 1.82) is 0 Å². The van der Waals surface area contributed by atoms with Gasteiger partial charge in [0.25, 0.3) is 11.8 Å². The van der Waals surface area contributed by atoms with Crippen LogP contribution in [-0.2, 0) is 6.54 Å². The highest BCUT2D eigenvalue weighted by molar-refractivity contribution is 6.31. The molecule has 3 aromatic rings. The lowest BCUT2D eigenvalue weighted by Gasteiger charge is -2.12. The summed E-state index contributed by atoms with van der Waals surface area (Å²) in [4.78, 5) is 26.0. The van der Waals surface area contributed by atoms with Crippen LogP contribution in [0, 0.1) is 0 Å². The Hall–Kier alpha value is -2.66. The summed E-state index contributed by atoms with van der Waals surface area (Å²) in [7, 11) is 0. The number of aromatic amines is 1. The number of H-pyrrole nitrogens is 1. The molecule has 1 N–H and O–H groups in total. The van der Waals surface area contributed by atoms with E-state index in [1.54, 1.807) is 36.4 Å². The second-order valence-electron chi connectivity index (χ2n) is 5.10. The number of benzene rings is 2. The Balaban J connectivity index is 1.74. The molecule has 0 fully saturated rings. The molecule has 2 amide bonds. The van der Waals surface area contributed by atoms with Gasteiger partial charge in [-0.2, -0.15) is 5.10 Å². The number of hydrogen-bond donors (Lipinski definition) is 1. The van der Waals surface area contributed by atoms with Gasteiger partial charge in [0.1, 0.15) is 0 Å². The minimum Gasteiger partial charge on any atom is -0.277 e. The van der Waals surface area contributed by atoms with Crippen LogP contribution in [0.4, 0.5) is 0 Å². The first kappa shape index (κ1) is 13.0. The average Bonchev–Trinajstić information content (AvgIpc) is 3.03. The van der Waals surface area contributed by atoms with Gasteiger partial charge in [-0.05, 0) is 30.3 Å². The molecule has 6 heteroatoms. The number of rotatable bonds is 2. The van der Waals surface area contributed by atoms with E-state index < -0.39 is 0 Å². The lowest BCUT2D eigenvalue weighted by atomic mass is 10.1. The first-order valence-corrected chi connectivity index (χ1v) is 7.10. The summed E-state index contributed by atoms with van der Waals surface area (Å²) in [6.07, 6.45) is 0. The van der Waals surface area contributed by atoms with Crippen LogP contribution >= 0.6 is 11.6 Å². The maximum Gasteiger partial charge on any atom is 0.261 e. The molecule has 4 rings (SSSR count). The van der Waals surface area contributed by atoms with Gasteiger partial charge in [-0.25, -0.2) is 0 Å². The van der Waals surface area contributed by atoms with Crippen LogP contribution in [0.25, 0.3) is 10.9 Å². The second-order valence-corrected chi connectivity index (χ2v) is 5.54. The van der Waals surface area contributed by atoms with E-state index in [-0.39, 0.29) is 18.4 Å². The first-order valence-electron chi connectivity index (χ1n) is 6.73. The molecular formula is C16H10ClN3O2. The van der Waals surface area contributed by atoms with Crippen LogP contribution in [0.3, 0.4) is 0 Å². The van der Waals surface area contributed by atoms with Crippen molar-refractivity contribution in [2.45, 2.75) is 6.54 Å². The van der Waals surface area contributed by atoms with Gasteiger partial charge >= 0.3 is 0 Å². The van der Waals surface area contributed by atoms with Crippen molar-refractivity contribution in [3.05, 3.63) is 64.3 Å². The molecule has 0 spiro atoms. The molecule has 2 aromatic carbocycles. The van der Waals surface area contributed by atoms with E-state index in [9.17, 15) is 9.59 Å². The Kier molecular flexibility index (Phi) is 2.77. The number of carbonyl (C=O) groups excluding carboxylic acids is 2. The minimum atomic E-state index is -0.293. The molecule has 0 saturated carbocycles. The third-order valence-corrected chi connectivity index (χ3v) is 4.02. The van der Waals surface area contributed by atoms with Crippen LogP contribution < -0.4 is 0 Å². The van der Waals surface area contributed by atoms with Crippen LogP contribution in [0.15, 0.2) is 42.5 Å². The lowest BCUT2D eigenvalue weighted by Crippen LogP contribution is -2.29. The Labute approximate surface area is 130 Å². The van der Waals surface area contributed by atoms with Gasteiger partial charge in [-0.1, -0.05) is 23.7 Å². The molecule has 1 aliphatic heterocycles. The van der Waals surface area contributed by atoms with Gasteiger partial charge in [0.15, 0.2) is 0 Å². The van der Waals surface area contributed by atoms with E-state index in [1.165, 1.54) is 4.90 Å². The van der Waals surface area contributed by atoms with Gasteiger partial charge in [-0.15, -0.1) is 0 Å². The zero-order chi connectivity index (χ0) is 15.3. The summed E-state index contributed by atoms with van der Waals surface area (Å²) in [5.41, 5.74) is 2.30. The Morgan fingerprint density at radius 1 is 1.05 bits per heavy atom. The summed E-state index contributed by atoms with van der Waals surface area (Å²) in [5, 5.41) is 8.47. The molecule has 108 valence electrons. The smallest absolute Gasteiger partial charge is 0.261 e. The largest absolute Gasteiger partial charge is 0.277 e. The van der Waals surface area contributed by atoms with Crippen LogP contribution in [0.1, 0.15) is 26.4 Å². The fourth-order valence-electron chi connectivity index (χ4n) is 2.69. The third kappa shape index (κ3) is 1.83. The highest BCUT2D eigenvalue weighted by Gasteiger charge is 2.35. The number of fused-ring (bicyclic) bond motifs is 2. The van der Waals surface area contributed by atoms with E-state index in [0.29, 0.717) is 21.8 Å². The number of carbonyl (C=O) groups is 2. The molecule has 0 bridgehead atoms. The topological polar surface area (TPSA) is 66.1 Å². The van der Waals surface area contributed by atoms with Gasteiger partial charge in [0.05, 0.1) is 28.9 Å². The average molecular weight is 312 g/mol. The van der Waals surface area contributed by atoms with E-state index >= 15 is 0 Å². The van der Waals surface area contributed by atoms with E-state index in [4.69, 9.17) is 11.6 Å². The molecule has 0 radical (unpaired) electrons. The van der Waals surface area contributed by atoms with E-state index in [2.05, 4.69) is 10.2 Å². The molecule has 0 unspecified atom stereocenters. The van der Waals surface area contributed by atoms with E-state index in [0.717, 1.165) is 10.9 Å². The zero-order valence-corrected chi connectivity index (χ0v) is 12.1. The van der Waals surface area contributed by atoms with Gasteiger partial charge in [0.2, 0.25) is 0 Å². The van der Waals surface area contributed by atoms with E-state index in [1.807, 2.05) is 6.07 Å². The predicted octanol–water partition coefficient (Wildman–Crippen LogP) is 3.01. The number of nitrogens with one attached hydrogen (secondary N) is 1. The molecular weight excluding hydrogens is 302 g/mol. The maximum absolute atomic E-state index is 12.4. The van der Waals surface area contributed by atoms with Crippen molar-refractivity contribution >= 4 is 34.3 Å². The molecule has 22 heavy (non-hydrogen) atoms. The molecule has 0 atom stereocenters. The summed E-state index contributed by atoms with van der Waals surface area (Å²) in [5.74, 6) is -0.586. The molecule has 2 heterocycles. The molecule has 0 aliphatic carbocycles. The van der Waals surface area contributed by atoms with Crippen molar-refractivity contribution in [1.82, 2.24) is 15.1 Å². The molecule has 0 saturated heterocycles. The Morgan fingerprint density at radius 3 is 2.41 bits per heavy atom. The summed E-state index contributed by atoms with van der Waals surface area (Å²) < 4.78 is 0. The fraction of sp³-hybridized carbons (Fsp3) is 0.0625. The summed E-state index contributed by atoms with van der Waals surface area (Å²) in [6, 6.07) is 12.2. The first-order chi connectivity index (χ1) is 10.6. The van der Waals surface area contributed by atoms with Crippen molar-refractivity contribution < 1.29 is 9.59 Å². The number of hydrogen-bond acceptors (Lipinski definition) is 3. The number of aromatic nitrogens is 2. The van der Waals surface area contributed by atoms with Gasteiger partial charge in [-0.3, -0.25) is 19.6 Å². The lowest BCUT2D eigenvalue weighted by molar-refractivity contribution is 0.0641.